The van der Waals surface area contributed by atoms with E-state index < -0.39 is 11.7 Å². The minimum atomic E-state index is -4.51. The van der Waals surface area contributed by atoms with Gasteiger partial charge in [-0.15, -0.1) is 0 Å². The number of halogens is 4. The van der Waals surface area contributed by atoms with E-state index in [0.717, 1.165) is 37.8 Å². The highest BCUT2D eigenvalue weighted by Crippen LogP contribution is 2.36. The Labute approximate surface area is 149 Å². The van der Waals surface area contributed by atoms with Gasteiger partial charge in [-0.3, -0.25) is 0 Å². The Morgan fingerprint density at radius 1 is 1.04 bits per heavy atom. The molecule has 0 aliphatic carbocycles. The molecule has 0 radical (unpaired) electrons. The number of nitrogens with zero attached hydrogens (tertiary/aromatic N) is 3. The molecule has 134 valence electrons. The summed E-state index contributed by atoms with van der Waals surface area (Å²) in [6.45, 7) is 1.85. The summed E-state index contributed by atoms with van der Waals surface area (Å²) >= 11 is 5.64. The smallest absolute Gasteiger partial charge is 0.356 e. The van der Waals surface area contributed by atoms with Gasteiger partial charge in [0.05, 0.1) is 10.6 Å². The van der Waals surface area contributed by atoms with Crippen molar-refractivity contribution in [1.82, 2.24) is 9.97 Å². The summed E-state index contributed by atoms with van der Waals surface area (Å²) < 4.78 is 38.9. The van der Waals surface area contributed by atoms with Crippen LogP contribution in [-0.2, 0) is 6.18 Å². The predicted octanol–water partition coefficient (Wildman–Crippen LogP) is 5.27. The summed E-state index contributed by atoms with van der Waals surface area (Å²) in [6.07, 6.45) is 1.73. The summed E-state index contributed by atoms with van der Waals surface area (Å²) in [4.78, 5) is 10.7. The molecule has 1 aromatic carbocycles. The standard InChI is InChI=1S/C17H18ClF3N4/c18-14-6-5-12(11-13(14)17(19,20)21)23-16-22-8-7-15(24-16)25-9-3-1-2-4-10-25/h5-8,11H,1-4,9-10H2,(H,22,23,24). The number of hydrogen-bond donors (Lipinski definition) is 1. The second kappa shape index (κ2) is 7.47. The van der Waals surface area contributed by atoms with Gasteiger partial charge in [0, 0.05) is 25.0 Å². The molecule has 0 unspecified atom stereocenters. The molecule has 3 rings (SSSR count). The molecule has 1 aliphatic rings. The van der Waals surface area contributed by atoms with E-state index in [1.165, 1.54) is 25.0 Å². The molecule has 0 saturated carbocycles. The zero-order valence-electron chi connectivity index (χ0n) is 13.5. The first-order valence-corrected chi connectivity index (χ1v) is 8.53. The second-order valence-electron chi connectivity index (χ2n) is 5.96. The third-order valence-corrected chi connectivity index (χ3v) is 4.43. The Balaban J connectivity index is 1.80. The number of anilines is 3. The van der Waals surface area contributed by atoms with Crippen molar-refractivity contribution in [1.29, 1.82) is 0 Å². The first-order valence-electron chi connectivity index (χ1n) is 8.15. The van der Waals surface area contributed by atoms with Crippen molar-refractivity contribution in [2.24, 2.45) is 0 Å². The van der Waals surface area contributed by atoms with Crippen molar-refractivity contribution in [3.05, 3.63) is 41.0 Å². The predicted molar refractivity (Wildman–Crippen MR) is 92.4 cm³/mol. The molecule has 8 heteroatoms. The van der Waals surface area contributed by atoms with Crippen molar-refractivity contribution in [3.63, 3.8) is 0 Å². The largest absolute Gasteiger partial charge is 0.417 e. The highest BCUT2D eigenvalue weighted by atomic mass is 35.5. The fourth-order valence-corrected chi connectivity index (χ4v) is 3.06. The van der Waals surface area contributed by atoms with E-state index in [1.807, 2.05) is 6.07 Å². The lowest BCUT2D eigenvalue weighted by Gasteiger charge is -2.21. The first-order chi connectivity index (χ1) is 11.9. The number of nitrogens with one attached hydrogen (secondary N) is 1. The Morgan fingerprint density at radius 3 is 2.44 bits per heavy atom. The van der Waals surface area contributed by atoms with Crippen LogP contribution in [0, 0.1) is 0 Å². The third kappa shape index (κ3) is 4.54. The lowest BCUT2D eigenvalue weighted by Crippen LogP contribution is -2.25. The lowest BCUT2D eigenvalue weighted by molar-refractivity contribution is -0.137. The van der Waals surface area contributed by atoms with Crippen LogP contribution in [0.25, 0.3) is 0 Å². The fourth-order valence-electron chi connectivity index (χ4n) is 2.83. The maximum atomic E-state index is 13.0. The Bertz CT molecular complexity index is 728. The van der Waals surface area contributed by atoms with Crippen molar-refractivity contribution < 1.29 is 13.2 Å². The molecular weight excluding hydrogens is 353 g/mol. The van der Waals surface area contributed by atoms with E-state index in [0.29, 0.717) is 0 Å². The van der Waals surface area contributed by atoms with E-state index in [2.05, 4.69) is 20.2 Å². The molecule has 0 bridgehead atoms. The van der Waals surface area contributed by atoms with Crippen molar-refractivity contribution in [3.8, 4) is 0 Å². The van der Waals surface area contributed by atoms with Gasteiger partial charge in [0.1, 0.15) is 5.82 Å². The molecule has 1 fully saturated rings. The molecule has 1 aliphatic heterocycles. The number of alkyl halides is 3. The molecule has 2 heterocycles. The summed E-state index contributed by atoms with van der Waals surface area (Å²) in [7, 11) is 0. The highest BCUT2D eigenvalue weighted by Gasteiger charge is 2.33. The van der Waals surface area contributed by atoms with E-state index in [-0.39, 0.29) is 16.7 Å². The quantitative estimate of drug-likeness (QED) is 0.798. The van der Waals surface area contributed by atoms with Gasteiger partial charge in [-0.05, 0) is 37.1 Å². The number of benzene rings is 1. The zero-order valence-corrected chi connectivity index (χ0v) is 14.2. The van der Waals surface area contributed by atoms with Crippen molar-refractivity contribution >= 4 is 29.1 Å². The van der Waals surface area contributed by atoms with E-state index in [4.69, 9.17) is 11.6 Å². The lowest BCUT2D eigenvalue weighted by atomic mass is 10.2. The van der Waals surface area contributed by atoms with Gasteiger partial charge in [0.2, 0.25) is 5.95 Å². The van der Waals surface area contributed by atoms with Crippen LogP contribution < -0.4 is 10.2 Å². The van der Waals surface area contributed by atoms with Crippen LogP contribution in [0.4, 0.5) is 30.6 Å². The summed E-state index contributed by atoms with van der Waals surface area (Å²) in [5, 5.41) is 2.50. The van der Waals surface area contributed by atoms with Gasteiger partial charge in [-0.2, -0.15) is 18.2 Å². The maximum absolute atomic E-state index is 13.0. The minimum Gasteiger partial charge on any atom is -0.356 e. The van der Waals surface area contributed by atoms with Gasteiger partial charge in [0.25, 0.3) is 0 Å². The topological polar surface area (TPSA) is 41.1 Å². The highest BCUT2D eigenvalue weighted by molar-refractivity contribution is 6.31. The van der Waals surface area contributed by atoms with Gasteiger partial charge in [-0.1, -0.05) is 24.4 Å². The average molecular weight is 371 g/mol. The van der Waals surface area contributed by atoms with Crippen LogP contribution in [0.1, 0.15) is 31.2 Å². The zero-order chi connectivity index (χ0) is 17.9. The van der Waals surface area contributed by atoms with Crippen LogP contribution in [0.3, 0.4) is 0 Å². The molecule has 1 N–H and O–H groups in total. The number of aromatic nitrogens is 2. The molecule has 0 spiro atoms. The Kier molecular flexibility index (Phi) is 5.32. The maximum Gasteiger partial charge on any atom is 0.417 e. The van der Waals surface area contributed by atoms with Crippen LogP contribution in [-0.4, -0.2) is 23.1 Å². The average Bonchev–Trinajstić information content (AvgIpc) is 2.85. The van der Waals surface area contributed by atoms with Gasteiger partial charge in [0.15, 0.2) is 0 Å². The van der Waals surface area contributed by atoms with Crippen molar-refractivity contribution in [2.45, 2.75) is 31.9 Å². The molecule has 25 heavy (non-hydrogen) atoms. The molecule has 0 amide bonds. The normalized spacial score (nSPS) is 15.8. The van der Waals surface area contributed by atoms with Crippen LogP contribution in [0.2, 0.25) is 5.02 Å². The molecule has 0 atom stereocenters. The third-order valence-electron chi connectivity index (χ3n) is 4.10. The van der Waals surface area contributed by atoms with Crippen LogP contribution in [0.15, 0.2) is 30.5 Å². The molecule has 4 nitrogen and oxygen atoms in total. The van der Waals surface area contributed by atoms with Gasteiger partial charge >= 0.3 is 6.18 Å². The minimum absolute atomic E-state index is 0.241. The van der Waals surface area contributed by atoms with E-state index in [9.17, 15) is 13.2 Å². The van der Waals surface area contributed by atoms with Gasteiger partial charge in [-0.25, -0.2) is 4.98 Å². The SMILES string of the molecule is FC(F)(F)c1cc(Nc2nccc(N3CCCCCC3)n2)ccc1Cl. The van der Waals surface area contributed by atoms with Crippen LogP contribution in [0.5, 0.6) is 0 Å². The number of rotatable bonds is 3. The van der Waals surface area contributed by atoms with Crippen LogP contribution >= 0.6 is 11.6 Å². The summed E-state index contributed by atoms with van der Waals surface area (Å²) in [5.74, 6) is 1.04. The first kappa shape index (κ1) is 17.8. The summed E-state index contributed by atoms with van der Waals surface area (Å²) in [6, 6.07) is 5.47. The van der Waals surface area contributed by atoms with Gasteiger partial charge < -0.3 is 10.2 Å². The molecular formula is C17H18ClF3N4. The summed E-state index contributed by atoms with van der Waals surface area (Å²) in [5.41, 5.74) is -0.646. The van der Waals surface area contributed by atoms with Crippen molar-refractivity contribution in [2.75, 3.05) is 23.3 Å². The van der Waals surface area contributed by atoms with E-state index in [1.54, 1.807) is 6.20 Å². The Morgan fingerprint density at radius 2 is 1.76 bits per heavy atom. The molecule has 2 aromatic rings. The molecule has 1 aromatic heterocycles. The fraction of sp³-hybridized carbons (Fsp3) is 0.412. The second-order valence-corrected chi connectivity index (χ2v) is 6.36. The van der Waals surface area contributed by atoms with E-state index >= 15 is 0 Å². The Hall–Kier alpha value is -2.02. The monoisotopic (exact) mass is 370 g/mol. The number of hydrogen-bond acceptors (Lipinski definition) is 4. The molecule has 1 saturated heterocycles.